The first kappa shape index (κ1) is 9.83. The molecule has 0 bridgehead atoms. The lowest BCUT2D eigenvalue weighted by Gasteiger charge is -2.40. The van der Waals surface area contributed by atoms with E-state index >= 15 is 0 Å². The predicted octanol–water partition coefficient (Wildman–Crippen LogP) is 0.818. The summed E-state index contributed by atoms with van der Waals surface area (Å²) in [5, 5.41) is 9.31. The number of hydrogen-bond donors (Lipinski definition) is 3. The molecule has 0 aromatic heterocycles. The highest BCUT2D eigenvalue weighted by molar-refractivity contribution is 7.80. The standard InChI is InChI=1S/C10H13NO2S/c11-8-2-1-7(3-9(8)14)10(4-12)5-13-6-10/h1-3,12,14H,4-6,11H2. The van der Waals surface area contributed by atoms with Gasteiger partial charge in [-0.05, 0) is 17.7 Å². The zero-order valence-electron chi connectivity index (χ0n) is 7.73. The van der Waals surface area contributed by atoms with Crippen molar-refractivity contribution in [2.75, 3.05) is 25.6 Å². The van der Waals surface area contributed by atoms with Gasteiger partial charge in [-0.25, -0.2) is 0 Å². The molecule has 1 saturated heterocycles. The first-order chi connectivity index (χ1) is 6.68. The van der Waals surface area contributed by atoms with Gasteiger partial charge in [0.25, 0.3) is 0 Å². The summed E-state index contributed by atoms with van der Waals surface area (Å²) in [6, 6.07) is 5.64. The molecular formula is C10H13NO2S. The lowest BCUT2D eigenvalue weighted by atomic mass is 9.79. The number of anilines is 1. The van der Waals surface area contributed by atoms with Crippen LogP contribution in [0.2, 0.25) is 0 Å². The van der Waals surface area contributed by atoms with E-state index in [2.05, 4.69) is 12.6 Å². The van der Waals surface area contributed by atoms with Crippen molar-refractivity contribution in [3.63, 3.8) is 0 Å². The highest BCUT2D eigenvalue weighted by Crippen LogP contribution is 2.34. The number of hydrogen-bond acceptors (Lipinski definition) is 4. The highest BCUT2D eigenvalue weighted by atomic mass is 32.1. The van der Waals surface area contributed by atoms with Gasteiger partial charge in [0.2, 0.25) is 0 Å². The van der Waals surface area contributed by atoms with Crippen LogP contribution in [-0.4, -0.2) is 24.9 Å². The molecule has 3 nitrogen and oxygen atoms in total. The van der Waals surface area contributed by atoms with Crippen LogP contribution in [0.15, 0.2) is 23.1 Å². The van der Waals surface area contributed by atoms with Gasteiger partial charge in [-0.15, -0.1) is 12.6 Å². The highest BCUT2D eigenvalue weighted by Gasteiger charge is 2.39. The average Bonchev–Trinajstić information content (AvgIpc) is 2.10. The number of ether oxygens (including phenoxy) is 1. The van der Waals surface area contributed by atoms with Crippen LogP contribution < -0.4 is 5.73 Å². The Kier molecular flexibility index (Phi) is 2.43. The van der Waals surface area contributed by atoms with Crippen molar-refractivity contribution in [1.29, 1.82) is 0 Å². The van der Waals surface area contributed by atoms with E-state index in [0.29, 0.717) is 18.9 Å². The fourth-order valence-electron chi connectivity index (χ4n) is 1.57. The summed E-state index contributed by atoms with van der Waals surface area (Å²) < 4.78 is 5.14. The predicted molar refractivity (Wildman–Crippen MR) is 57.7 cm³/mol. The molecule has 76 valence electrons. The number of aliphatic hydroxyl groups excluding tert-OH is 1. The van der Waals surface area contributed by atoms with Crippen LogP contribution in [-0.2, 0) is 10.2 Å². The first-order valence-electron chi connectivity index (χ1n) is 4.45. The number of aliphatic hydroxyl groups is 1. The summed E-state index contributed by atoms with van der Waals surface area (Å²) in [7, 11) is 0. The molecule has 4 heteroatoms. The summed E-state index contributed by atoms with van der Waals surface area (Å²) in [6.07, 6.45) is 0. The quantitative estimate of drug-likeness (QED) is 0.501. The van der Waals surface area contributed by atoms with Crippen LogP contribution >= 0.6 is 12.6 Å². The zero-order valence-corrected chi connectivity index (χ0v) is 8.63. The number of nitrogen functional groups attached to an aromatic ring is 1. The monoisotopic (exact) mass is 211 g/mol. The van der Waals surface area contributed by atoms with E-state index in [0.717, 1.165) is 10.5 Å². The van der Waals surface area contributed by atoms with Crippen LogP contribution in [0, 0.1) is 0 Å². The van der Waals surface area contributed by atoms with Crippen molar-refractivity contribution in [2.45, 2.75) is 10.3 Å². The van der Waals surface area contributed by atoms with E-state index in [4.69, 9.17) is 10.5 Å². The molecule has 1 aliphatic heterocycles. The van der Waals surface area contributed by atoms with Crippen LogP contribution in [0.25, 0.3) is 0 Å². The molecule has 0 radical (unpaired) electrons. The normalized spacial score (nSPS) is 19.0. The Bertz CT molecular complexity index is 344. The molecule has 14 heavy (non-hydrogen) atoms. The van der Waals surface area contributed by atoms with Gasteiger partial charge < -0.3 is 15.6 Å². The van der Waals surface area contributed by atoms with Gasteiger partial charge >= 0.3 is 0 Å². The minimum absolute atomic E-state index is 0.101. The Morgan fingerprint density at radius 1 is 1.50 bits per heavy atom. The maximum atomic E-state index is 9.31. The number of rotatable bonds is 2. The molecule has 1 heterocycles. The Morgan fingerprint density at radius 2 is 2.21 bits per heavy atom. The van der Waals surface area contributed by atoms with Crippen molar-refractivity contribution < 1.29 is 9.84 Å². The third-order valence-electron chi connectivity index (χ3n) is 2.70. The van der Waals surface area contributed by atoms with Crippen molar-refractivity contribution in [2.24, 2.45) is 0 Å². The molecule has 0 aliphatic carbocycles. The second kappa shape index (κ2) is 3.46. The minimum atomic E-state index is -0.231. The zero-order chi connectivity index (χ0) is 10.2. The first-order valence-corrected chi connectivity index (χ1v) is 4.90. The number of benzene rings is 1. The molecule has 0 spiro atoms. The summed E-state index contributed by atoms with van der Waals surface area (Å²) in [6.45, 7) is 1.24. The molecule has 3 N–H and O–H groups in total. The van der Waals surface area contributed by atoms with Crippen LogP contribution in [0.4, 0.5) is 5.69 Å². The Balaban J connectivity index is 2.36. The van der Waals surface area contributed by atoms with E-state index in [1.165, 1.54) is 0 Å². The summed E-state index contributed by atoms with van der Waals surface area (Å²) in [5.74, 6) is 0. The molecule has 0 saturated carbocycles. The van der Waals surface area contributed by atoms with Gasteiger partial charge in [0.1, 0.15) is 0 Å². The summed E-state index contributed by atoms with van der Waals surface area (Å²) in [5.41, 5.74) is 7.14. The fraction of sp³-hybridized carbons (Fsp3) is 0.400. The summed E-state index contributed by atoms with van der Waals surface area (Å²) in [4.78, 5) is 0.752. The van der Waals surface area contributed by atoms with Crippen LogP contribution in [0.3, 0.4) is 0 Å². The van der Waals surface area contributed by atoms with E-state index in [1.807, 2.05) is 18.2 Å². The molecule has 1 aromatic carbocycles. The molecule has 0 atom stereocenters. The van der Waals surface area contributed by atoms with Gasteiger partial charge in [-0.1, -0.05) is 6.07 Å². The van der Waals surface area contributed by atoms with Gasteiger partial charge in [-0.3, -0.25) is 0 Å². The Morgan fingerprint density at radius 3 is 2.64 bits per heavy atom. The van der Waals surface area contributed by atoms with Crippen LogP contribution in [0.1, 0.15) is 5.56 Å². The SMILES string of the molecule is Nc1ccc(C2(CO)COC2)cc1S. The Labute approximate surface area is 88.3 Å². The third kappa shape index (κ3) is 1.39. The van der Waals surface area contributed by atoms with Crippen molar-refractivity contribution in [1.82, 2.24) is 0 Å². The van der Waals surface area contributed by atoms with Crippen LogP contribution in [0.5, 0.6) is 0 Å². The Hall–Kier alpha value is -0.710. The van der Waals surface area contributed by atoms with Crippen molar-refractivity contribution >= 4 is 18.3 Å². The molecule has 1 aliphatic rings. The van der Waals surface area contributed by atoms with Gasteiger partial charge in [-0.2, -0.15) is 0 Å². The third-order valence-corrected chi connectivity index (χ3v) is 3.09. The minimum Gasteiger partial charge on any atom is -0.398 e. The average molecular weight is 211 g/mol. The van der Waals surface area contributed by atoms with E-state index in [1.54, 1.807) is 0 Å². The number of nitrogens with two attached hydrogens (primary N) is 1. The van der Waals surface area contributed by atoms with Crippen molar-refractivity contribution in [3.8, 4) is 0 Å². The van der Waals surface area contributed by atoms with Crippen molar-refractivity contribution in [3.05, 3.63) is 23.8 Å². The molecule has 1 fully saturated rings. The smallest absolute Gasteiger partial charge is 0.0651 e. The number of thiol groups is 1. The van der Waals surface area contributed by atoms with E-state index in [9.17, 15) is 5.11 Å². The lowest BCUT2D eigenvalue weighted by molar-refractivity contribution is -0.0842. The van der Waals surface area contributed by atoms with Gasteiger partial charge in [0.15, 0.2) is 0 Å². The molecule has 0 amide bonds. The van der Waals surface area contributed by atoms with Gasteiger partial charge in [0, 0.05) is 10.6 Å². The second-order valence-corrected chi connectivity index (χ2v) is 4.19. The maximum Gasteiger partial charge on any atom is 0.0651 e. The molecule has 0 unspecified atom stereocenters. The van der Waals surface area contributed by atoms with Gasteiger partial charge in [0.05, 0.1) is 25.2 Å². The van der Waals surface area contributed by atoms with E-state index < -0.39 is 0 Å². The maximum absolute atomic E-state index is 9.31. The molecular weight excluding hydrogens is 198 g/mol. The molecule has 1 aromatic rings. The topological polar surface area (TPSA) is 55.5 Å². The lowest BCUT2D eigenvalue weighted by Crippen LogP contribution is -2.49. The largest absolute Gasteiger partial charge is 0.398 e. The van der Waals surface area contributed by atoms with E-state index in [-0.39, 0.29) is 12.0 Å². The molecule has 2 rings (SSSR count). The second-order valence-electron chi connectivity index (χ2n) is 3.70. The fourth-order valence-corrected chi connectivity index (χ4v) is 1.78. The summed E-state index contributed by atoms with van der Waals surface area (Å²) >= 11 is 4.25.